The van der Waals surface area contributed by atoms with Gasteiger partial charge in [0, 0.05) is 25.7 Å². The minimum Gasteiger partial charge on any atom is -0.491 e. The van der Waals surface area contributed by atoms with Crippen molar-refractivity contribution in [2.24, 2.45) is 5.92 Å². The van der Waals surface area contributed by atoms with Crippen molar-refractivity contribution in [3.05, 3.63) is 30.1 Å². The Morgan fingerprint density at radius 3 is 2.58 bits per heavy atom. The van der Waals surface area contributed by atoms with Crippen LogP contribution >= 0.6 is 0 Å². The predicted molar refractivity (Wildman–Crippen MR) is 97.6 cm³/mol. The van der Waals surface area contributed by atoms with Crippen LogP contribution in [0.25, 0.3) is 0 Å². The lowest BCUT2D eigenvalue weighted by Gasteiger charge is -2.42. The van der Waals surface area contributed by atoms with Gasteiger partial charge < -0.3 is 19.3 Å². The lowest BCUT2D eigenvalue weighted by Crippen LogP contribution is -2.55. The highest BCUT2D eigenvalue weighted by molar-refractivity contribution is 5.78. The number of carbonyl (C=O) groups excluding carboxylic acids is 1. The first kappa shape index (κ1) is 19.1. The van der Waals surface area contributed by atoms with Crippen LogP contribution in [0.4, 0.5) is 4.39 Å². The molecule has 1 amide bonds. The Hall–Kier alpha value is -1.66. The molecule has 2 heterocycles. The van der Waals surface area contributed by atoms with Crippen LogP contribution in [0.5, 0.6) is 5.75 Å². The first-order chi connectivity index (χ1) is 12.5. The van der Waals surface area contributed by atoms with Gasteiger partial charge in [-0.15, -0.1) is 0 Å². The van der Waals surface area contributed by atoms with Crippen LogP contribution in [0.1, 0.15) is 26.7 Å². The molecule has 0 bridgehead atoms. The summed E-state index contributed by atoms with van der Waals surface area (Å²) in [5.74, 6) is 1.07. The smallest absolute Gasteiger partial charge is 0.248 e. The summed E-state index contributed by atoms with van der Waals surface area (Å²) in [6, 6.07) is 6.25. The molecule has 5 nitrogen and oxygen atoms in total. The maximum absolute atomic E-state index is 13.0. The molecule has 0 unspecified atom stereocenters. The predicted octanol–water partition coefficient (Wildman–Crippen LogP) is 2.55. The normalized spacial score (nSPS) is 22.8. The number of halogens is 1. The van der Waals surface area contributed by atoms with Gasteiger partial charge in [0.1, 0.15) is 30.9 Å². The molecule has 0 aromatic heterocycles. The van der Waals surface area contributed by atoms with E-state index in [9.17, 15) is 9.18 Å². The second-order valence-electron chi connectivity index (χ2n) is 7.67. The molecule has 2 aliphatic rings. The molecule has 0 N–H and O–H groups in total. The number of piperidine rings is 1. The van der Waals surface area contributed by atoms with Gasteiger partial charge >= 0.3 is 0 Å². The fraction of sp³-hybridized carbons (Fsp3) is 0.650. The van der Waals surface area contributed by atoms with Gasteiger partial charge in [0.2, 0.25) is 5.91 Å². The third kappa shape index (κ3) is 5.17. The maximum atomic E-state index is 13.0. The number of likely N-dealkylation sites (tertiary alicyclic amines) is 1. The van der Waals surface area contributed by atoms with Crippen molar-refractivity contribution in [3.8, 4) is 5.75 Å². The van der Waals surface area contributed by atoms with Crippen LogP contribution in [0.15, 0.2) is 24.3 Å². The van der Waals surface area contributed by atoms with Crippen LogP contribution in [-0.2, 0) is 9.53 Å². The largest absolute Gasteiger partial charge is 0.491 e. The summed E-state index contributed by atoms with van der Waals surface area (Å²) in [4.78, 5) is 16.8. The average molecular weight is 364 g/mol. The minimum absolute atomic E-state index is 0.0744. The van der Waals surface area contributed by atoms with E-state index in [4.69, 9.17) is 9.47 Å². The summed E-state index contributed by atoms with van der Waals surface area (Å²) in [6.07, 6.45) is 1.89. The summed E-state index contributed by atoms with van der Waals surface area (Å²) in [5, 5.41) is 0. The number of rotatable bonds is 6. The molecule has 0 radical (unpaired) electrons. The Labute approximate surface area is 155 Å². The van der Waals surface area contributed by atoms with Crippen molar-refractivity contribution in [1.29, 1.82) is 0 Å². The van der Waals surface area contributed by atoms with Crippen molar-refractivity contribution >= 4 is 5.91 Å². The Kier molecular flexibility index (Phi) is 6.48. The number of hydrogen-bond donors (Lipinski definition) is 0. The first-order valence-electron chi connectivity index (χ1n) is 9.53. The van der Waals surface area contributed by atoms with Crippen molar-refractivity contribution in [1.82, 2.24) is 9.80 Å². The van der Waals surface area contributed by atoms with Crippen molar-refractivity contribution < 1.29 is 18.7 Å². The summed E-state index contributed by atoms with van der Waals surface area (Å²) in [5.41, 5.74) is 0. The number of amides is 1. The van der Waals surface area contributed by atoms with Crippen LogP contribution in [0, 0.1) is 11.7 Å². The van der Waals surface area contributed by atoms with E-state index < -0.39 is 0 Å². The molecule has 3 rings (SSSR count). The molecule has 2 aliphatic heterocycles. The molecule has 2 fully saturated rings. The number of ether oxygens (including phenoxy) is 2. The molecular weight excluding hydrogens is 335 g/mol. The van der Waals surface area contributed by atoms with Crippen molar-refractivity contribution in [2.45, 2.75) is 38.8 Å². The molecule has 1 atom stereocenters. The average Bonchev–Trinajstić information content (AvgIpc) is 2.63. The number of hydrogen-bond acceptors (Lipinski definition) is 4. The number of nitrogens with zero attached hydrogens (tertiary/aromatic N) is 2. The van der Waals surface area contributed by atoms with Gasteiger partial charge in [0.25, 0.3) is 0 Å². The van der Waals surface area contributed by atoms with Crippen molar-refractivity contribution in [3.63, 3.8) is 0 Å². The topological polar surface area (TPSA) is 42.0 Å². The lowest BCUT2D eigenvalue weighted by atomic mass is 10.0. The fourth-order valence-corrected chi connectivity index (χ4v) is 3.75. The Bertz CT molecular complexity index is 585. The highest BCUT2D eigenvalue weighted by Gasteiger charge is 2.33. The summed E-state index contributed by atoms with van der Waals surface area (Å²) in [6.45, 7) is 8.74. The summed E-state index contributed by atoms with van der Waals surface area (Å²) < 4.78 is 24.3. The van der Waals surface area contributed by atoms with Gasteiger partial charge in [-0.05, 0) is 43.0 Å². The van der Waals surface area contributed by atoms with Crippen LogP contribution in [-0.4, -0.2) is 67.2 Å². The highest BCUT2D eigenvalue weighted by atomic mass is 19.1. The van der Waals surface area contributed by atoms with Gasteiger partial charge in [-0.3, -0.25) is 4.79 Å². The summed E-state index contributed by atoms with van der Waals surface area (Å²) in [7, 11) is 0. The monoisotopic (exact) mass is 364 g/mol. The second-order valence-corrected chi connectivity index (χ2v) is 7.67. The second kappa shape index (κ2) is 8.82. The molecule has 144 valence electrons. The minimum atomic E-state index is -0.285. The number of benzene rings is 1. The Morgan fingerprint density at radius 1 is 1.23 bits per heavy atom. The zero-order chi connectivity index (χ0) is 18.5. The Morgan fingerprint density at radius 2 is 1.92 bits per heavy atom. The van der Waals surface area contributed by atoms with E-state index >= 15 is 0 Å². The third-order valence-electron chi connectivity index (χ3n) is 5.03. The van der Waals surface area contributed by atoms with E-state index in [1.165, 1.54) is 12.1 Å². The SMILES string of the molecule is CC(C)CN1CCC(N2C[C@@H](COc3ccc(F)cc3)OCC2=O)CC1. The first-order valence-corrected chi connectivity index (χ1v) is 9.53. The highest BCUT2D eigenvalue weighted by Crippen LogP contribution is 2.21. The standard InChI is InChI=1S/C20H29FN2O3/c1-15(2)11-22-9-7-17(8-10-22)23-12-19(26-14-20(23)24)13-25-18-5-3-16(21)4-6-18/h3-6,15,17,19H,7-14H2,1-2H3/t19-/m0/s1. The van der Waals surface area contributed by atoms with Gasteiger partial charge in [-0.2, -0.15) is 0 Å². The lowest BCUT2D eigenvalue weighted by molar-refractivity contribution is -0.155. The van der Waals surface area contributed by atoms with Crippen LogP contribution < -0.4 is 4.74 Å². The molecule has 0 spiro atoms. The fourth-order valence-electron chi connectivity index (χ4n) is 3.75. The molecule has 26 heavy (non-hydrogen) atoms. The van der Waals surface area contributed by atoms with Crippen LogP contribution in [0.3, 0.4) is 0 Å². The van der Waals surface area contributed by atoms with Gasteiger partial charge in [-0.1, -0.05) is 13.8 Å². The van der Waals surface area contributed by atoms with E-state index in [1.807, 2.05) is 4.90 Å². The van der Waals surface area contributed by atoms with E-state index in [1.54, 1.807) is 12.1 Å². The molecule has 2 saturated heterocycles. The third-order valence-corrected chi connectivity index (χ3v) is 5.03. The van der Waals surface area contributed by atoms with Crippen LogP contribution in [0.2, 0.25) is 0 Å². The van der Waals surface area contributed by atoms with Crippen molar-refractivity contribution in [2.75, 3.05) is 39.4 Å². The number of carbonyl (C=O) groups is 1. The molecule has 1 aromatic rings. The molecule has 1 aromatic carbocycles. The Balaban J connectivity index is 1.49. The number of morpholine rings is 1. The molecule has 6 heteroatoms. The van der Waals surface area contributed by atoms with E-state index in [0.717, 1.165) is 32.5 Å². The zero-order valence-corrected chi connectivity index (χ0v) is 15.7. The van der Waals surface area contributed by atoms with E-state index in [2.05, 4.69) is 18.7 Å². The zero-order valence-electron chi connectivity index (χ0n) is 15.7. The molecular formula is C20H29FN2O3. The maximum Gasteiger partial charge on any atom is 0.248 e. The van der Waals surface area contributed by atoms with Gasteiger partial charge in [0.15, 0.2) is 0 Å². The molecule has 0 saturated carbocycles. The van der Waals surface area contributed by atoms with Gasteiger partial charge in [0.05, 0.1) is 6.54 Å². The van der Waals surface area contributed by atoms with Gasteiger partial charge in [-0.25, -0.2) is 4.39 Å². The molecule has 0 aliphatic carbocycles. The van der Waals surface area contributed by atoms with E-state index in [0.29, 0.717) is 30.9 Å². The quantitative estimate of drug-likeness (QED) is 0.778. The van der Waals surface area contributed by atoms with E-state index in [-0.39, 0.29) is 24.4 Å². The summed E-state index contributed by atoms with van der Waals surface area (Å²) >= 11 is 0.